The van der Waals surface area contributed by atoms with E-state index < -0.39 is 4.92 Å². The topological polar surface area (TPSA) is 63.4 Å². The number of aromatic hydroxyl groups is 1. The quantitative estimate of drug-likeness (QED) is 0.634. The van der Waals surface area contributed by atoms with Crippen LogP contribution in [0.1, 0.15) is 5.56 Å². The lowest BCUT2D eigenvalue weighted by Crippen LogP contribution is -1.87. The van der Waals surface area contributed by atoms with Crippen molar-refractivity contribution < 1.29 is 10.0 Å². The summed E-state index contributed by atoms with van der Waals surface area (Å²) in [6.45, 7) is 1.81. The molecule has 0 aliphatic carbocycles. The van der Waals surface area contributed by atoms with Crippen LogP contribution in [0.3, 0.4) is 0 Å². The van der Waals surface area contributed by atoms with E-state index in [1.807, 2.05) is 13.0 Å². The van der Waals surface area contributed by atoms with Gasteiger partial charge in [0.2, 0.25) is 0 Å². The SMILES string of the molecule is Cc1cc(-c2ccc([N+](=O)[O-])cc2)ccc1O. The van der Waals surface area contributed by atoms with E-state index in [4.69, 9.17) is 0 Å². The highest BCUT2D eigenvalue weighted by molar-refractivity contribution is 5.66. The molecule has 4 heteroatoms. The van der Waals surface area contributed by atoms with Gasteiger partial charge in [-0.05, 0) is 47.9 Å². The summed E-state index contributed by atoms with van der Waals surface area (Å²) in [7, 11) is 0. The molecule has 2 aromatic rings. The van der Waals surface area contributed by atoms with Gasteiger partial charge in [-0.25, -0.2) is 0 Å². The molecule has 86 valence electrons. The van der Waals surface area contributed by atoms with E-state index in [9.17, 15) is 15.2 Å². The number of nitro groups is 1. The average Bonchev–Trinajstić information content (AvgIpc) is 2.33. The number of nitrogens with zero attached hydrogens (tertiary/aromatic N) is 1. The maximum absolute atomic E-state index is 10.5. The molecular formula is C13H11NO3. The third kappa shape index (κ3) is 2.25. The fourth-order valence-corrected chi connectivity index (χ4v) is 1.61. The molecule has 0 unspecified atom stereocenters. The summed E-state index contributed by atoms with van der Waals surface area (Å²) in [6, 6.07) is 11.6. The van der Waals surface area contributed by atoms with Crippen LogP contribution < -0.4 is 0 Å². The molecular weight excluding hydrogens is 218 g/mol. The van der Waals surface area contributed by atoms with E-state index in [2.05, 4.69) is 0 Å². The predicted molar refractivity (Wildman–Crippen MR) is 64.9 cm³/mol. The molecule has 0 saturated carbocycles. The largest absolute Gasteiger partial charge is 0.508 e. The third-order valence-corrected chi connectivity index (χ3v) is 2.61. The van der Waals surface area contributed by atoms with Crippen molar-refractivity contribution in [1.29, 1.82) is 0 Å². The summed E-state index contributed by atoms with van der Waals surface area (Å²) >= 11 is 0. The van der Waals surface area contributed by atoms with Crippen LogP contribution >= 0.6 is 0 Å². The maximum atomic E-state index is 10.5. The smallest absolute Gasteiger partial charge is 0.269 e. The van der Waals surface area contributed by atoms with Gasteiger partial charge in [-0.1, -0.05) is 6.07 Å². The van der Waals surface area contributed by atoms with Gasteiger partial charge < -0.3 is 5.11 Å². The first kappa shape index (κ1) is 11.1. The Morgan fingerprint density at radius 3 is 2.18 bits per heavy atom. The van der Waals surface area contributed by atoms with Gasteiger partial charge in [0.25, 0.3) is 5.69 Å². The Balaban J connectivity index is 2.39. The lowest BCUT2D eigenvalue weighted by Gasteiger charge is -2.04. The van der Waals surface area contributed by atoms with E-state index in [1.165, 1.54) is 12.1 Å². The number of non-ortho nitro benzene ring substituents is 1. The summed E-state index contributed by atoms with van der Waals surface area (Å²) in [5, 5.41) is 19.9. The minimum absolute atomic E-state index is 0.0734. The molecule has 4 nitrogen and oxygen atoms in total. The van der Waals surface area contributed by atoms with Crippen molar-refractivity contribution in [3.05, 3.63) is 58.1 Å². The second-order valence-corrected chi connectivity index (χ2v) is 3.81. The van der Waals surface area contributed by atoms with Gasteiger partial charge in [0.05, 0.1) is 4.92 Å². The molecule has 0 heterocycles. The van der Waals surface area contributed by atoms with Crippen LogP contribution in [0.25, 0.3) is 11.1 Å². The van der Waals surface area contributed by atoms with Crippen molar-refractivity contribution in [2.24, 2.45) is 0 Å². The van der Waals surface area contributed by atoms with Crippen molar-refractivity contribution in [3.8, 4) is 16.9 Å². The second-order valence-electron chi connectivity index (χ2n) is 3.81. The molecule has 0 amide bonds. The average molecular weight is 229 g/mol. The molecule has 0 saturated heterocycles. The second kappa shape index (κ2) is 4.25. The van der Waals surface area contributed by atoms with E-state index in [0.29, 0.717) is 0 Å². The summed E-state index contributed by atoms with van der Waals surface area (Å²) in [5.74, 6) is 0.246. The molecule has 0 atom stereocenters. The molecule has 0 radical (unpaired) electrons. The third-order valence-electron chi connectivity index (χ3n) is 2.61. The van der Waals surface area contributed by atoms with Gasteiger partial charge in [-0.15, -0.1) is 0 Å². The first-order chi connectivity index (χ1) is 8.08. The Labute approximate surface area is 98.3 Å². The van der Waals surface area contributed by atoms with Gasteiger partial charge in [0, 0.05) is 12.1 Å². The summed E-state index contributed by atoms with van der Waals surface area (Å²) in [4.78, 5) is 10.1. The first-order valence-electron chi connectivity index (χ1n) is 5.12. The number of phenols is 1. The lowest BCUT2D eigenvalue weighted by atomic mass is 10.0. The zero-order valence-electron chi connectivity index (χ0n) is 9.25. The fourth-order valence-electron chi connectivity index (χ4n) is 1.61. The predicted octanol–water partition coefficient (Wildman–Crippen LogP) is 3.28. The zero-order chi connectivity index (χ0) is 12.4. The van der Waals surface area contributed by atoms with Crippen LogP contribution in [-0.2, 0) is 0 Å². The molecule has 0 fully saturated rings. The zero-order valence-corrected chi connectivity index (χ0v) is 9.25. The van der Waals surface area contributed by atoms with Crippen LogP contribution in [0.2, 0.25) is 0 Å². The highest BCUT2D eigenvalue weighted by atomic mass is 16.6. The Morgan fingerprint density at radius 2 is 1.65 bits per heavy atom. The normalized spacial score (nSPS) is 10.2. The number of aryl methyl sites for hydroxylation is 1. The van der Waals surface area contributed by atoms with Gasteiger partial charge in [-0.2, -0.15) is 0 Å². The molecule has 0 aliphatic heterocycles. The van der Waals surface area contributed by atoms with E-state index in [-0.39, 0.29) is 11.4 Å². The number of nitro benzene ring substituents is 1. The van der Waals surface area contributed by atoms with Crippen LogP contribution in [0.5, 0.6) is 5.75 Å². The van der Waals surface area contributed by atoms with Gasteiger partial charge in [-0.3, -0.25) is 10.1 Å². The van der Waals surface area contributed by atoms with E-state index in [0.717, 1.165) is 16.7 Å². The number of hydrogen-bond donors (Lipinski definition) is 1. The monoisotopic (exact) mass is 229 g/mol. The minimum Gasteiger partial charge on any atom is -0.508 e. The van der Waals surface area contributed by atoms with Crippen LogP contribution in [0.15, 0.2) is 42.5 Å². The fraction of sp³-hybridized carbons (Fsp3) is 0.0769. The first-order valence-corrected chi connectivity index (χ1v) is 5.12. The Morgan fingerprint density at radius 1 is 1.06 bits per heavy atom. The molecule has 0 aliphatic rings. The standard InChI is InChI=1S/C13H11NO3/c1-9-8-11(4-7-13(9)15)10-2-5-12(6-3-10)14(16)17/h2-8,15H,1H3. The summed E-state index contributed by atoms with van der Waals surface area (Å²) in [5.41, 5.74) is 2.67. The van der Waals surface area contributed by atoms with E-state index >= 15 is 0 Å². The van der Waals surface area contributed by atoms with E-state index in [1.54, 1.807) is 24.3 Å². The number of rotatable bonds is 2. The van der Waals surface area contributed by atoms with Gasteiger partial charge >= 0.3 is 0 Å². The van der Waals surface area contributed by atoms with Gasteiger partial charge in [0.15, 0.2) is 0 Å². The molecule has 0 spiro atoms. The summed E-state index contributed by atoms with van der Waals surface area (Å²) in [6.07, 6.45) is 0. The Bertz CT molecular complexity index is 561. The molecule has 0 aromatic heterocycles. The molecule has 1 N–H and O–H groups in total. The summed E-state index contributed by atoms with van der Waals surface area (Å²) < 4.78 is 0. The highest BCUT2D eigenvalue weighted by Crippen LogP contribution is 2.26. The van der Waals surface area contributed by atoms with Crippen LogP contribution in [-0.4, -0.2) is 10.0 Å². The maximum Gasteiger partial charge on any atom is 0.269 e. The molecule has 17 heavy (non-hydrogen) atoms. The van der Waals surface area contributed by atoms with Crippen molar-refractivity contribution in [2.45, 2.75) is 6.92 Å². The van der Waals surface area contributed by atoms with Crippen molar-refractivity contribution in [1.82, 2.24) is 0 Å². The number of hydrogen-bond acceptors (Lipinski definition) is 3. The van der Waals surface area contributed by atoms with Crippen molar-refractivity contribution in [3.63, 3.8) is 0 Å². The number of benzene rings is 2. The van der Waals surface area contributed by atoms with Crippen molar-refractivity contribution in [2.75, 3.05) is 0 Å². The molecule has 2 aromatic carbocycles. The molecule has 0 bridgehead atoms. The molecule has 2 rings (SSSR count). The Kier molecular flexibility index (Phi) is 2.78. The Hall–Kier alpha value is -2.36. The van der Waals surface area contributed by atoms with Crippen molar-refractivity contribution >= 4 is 5.69 Å². The van der Waals surface area contributed by atoms with Crippen LogP contribution in [0.4, 0.5) is 5.69 Å². The number of phenolic OH excluding ortho intramolecular Hbond substituents is 1. The minimum atomic E-state index is -0.425. The van der Waals surface area contributed by atoms with Gasteiger partial charge in [0.1, 0.15) is 5.75 Å². The van der Waals surface area contributed by atoms with Crippen LogP contribution in [0, 0.1) is 17.0 Å². The highest BCUT2D eigenvalue weighted by Gasteiger charge is 2.06. The lowest BCUT2D eigenvalue weighted by molar-refractivity contribution is -0.384.